The third kappa shape index (κ3) is 3.28. The molecule has 4 fully saturated rings. The first kappa shape index (κ1) is 23.1. The monoisotopic (exact) mass is 457 g/mol. The average molecular weight is 458 g/mol. The molecule has 6 heteroatoms. The predicted octanol–water partition coefficient (Wildman–Crippen LogP) is 3.69. The fourth-order valence-electron chi connectivity index (χ4n) is 7.32. The Labute approximate surface area is 197 Å². The van der Waals surface area contributed by atoms with Gasteiger partial charge in [0.05, 0.1) is 17.1 Å². The van der Waals surface area contributed by atoms with Crippen molar-refractivity contribution in [2.75, 3.05) is 13.1 Å². The van der Waals surface area contributed by atoms with Gasteiger partial charge in [-0.1, -0.05) is 25.5 Å². The molecular formula is C27H39NO5. The number of fused-ring (bicyclic) bond motifs is 1. The zero-order chi connectivity index (χ0) is 23.5. The van der Waals surface area contributed by atoms with Crippen LogP contribution in [0.1, 0.15) is 66.2 Å². The third-order valence-corrected chi connectivity index (χ3v) is 9.55. The molecule has 2 bridgehead atoms. The van der Waals surface area contributed by atoms with E-state index in [4.69, 9.17) is 9.47 Å². The molecule has 2 aliphatic heterocycles. The van der Waals surface area contributed by atoms with Gasteiger partial charge in [0.15, 0.2) is 5.76 Å². The maximum absolute atomic E-state index is 12.5. The summed E-state index contributed by atoms with van der Waals surface area (Å²) in [6.07, 6.45) is 10.6. The number of nitrogens with zero attached hydrogens (tertiary/aromatic N) is 1. The number of carbonyl (C=O) groups is 1. The first-order valence-electron chi connectivity index (χ1n) is 12.8. The molecule has 2 N–H and O–H groups in total. The molecule has 6 nitrogen and oxygen atoms in total. The minimum atomic E-state index is -1.02. The molecule has 0 aromatic heterocycles. The molecule has 182 valence electrons. The molecule has 0 radical (unpaired) electrons. The summed E-state index contributed by atoms with van der Waals surface area (Å²) in [4.78, 5) is 15.1. The van der Waals surface area contributed by atoms with E-state index in [1.165, 1.54) is 19.3 Å². The van der Waals surface area contributed by atoms with Crippen LogP contribution in [0.15, 0.2) is 35.3 Å². The van der Waals surface area contributed by atoms with Crippen LogP contribution >= 0.6 is 0 Å². The summed E-state index contributed by atoms with van der Waals surface area (Å²) in [7, 11) is 0. The van der Waals surface area contributed by atoms with E-state index in [-0.39, 0.29) is 17.9 Å². The SMILES string of the molecule is C/C=C(\C)C(=O)OC1=C2OC(C(O)CC)C34CCN(CC5CCC5)C(CC(C=C1)C23)C4(C)O. The Morgan fingerprint density at radius 2 is 2.18 bits per heavy atom. The van der Waals surface area contributed by atoms with Crippen molar-refractivity contribution in [3.8, 4) is 0 Å². The summed E-state index contributed by atoms with van der Waals surface area (Å²) in [5.74, 6) is 1.51. The van der Waals surface area contributed by atoms with Gasteiger partial charge in [-0.2, -0.15) is 0 Å². The average Bonchev–Trinajstić information content (AvgIpc) is 3.11. The highest BCUT2D eigenvalue weighted by Gasteiger charge is 2.74. The van der Waals surface area contributed by atoms with Crippen molar-refractivity contribution in [1.82, 2.24) is 4.90 Å². The van der Waals surface area contributed by atoms with Gasteiger partial charge in [-0.3, -0.25) is 4.90 Å². The van der Waals surface area contributed by atoms with Crippen LogP contribution < -0.4 is 0 Å². The molecule has 7 atom stereocenters. The van der Waals surface area contributed by atoms with Crippen molar-refractivity contribution < 1.29 is 24.5 Å². The smallest absolute Gasteiger partial charge is 0.338 e. The van der Waals surface area contributed by atoms with Crippen LogP contribution in [-0.2, 0) is 14.3 Å². The van der Waals surface area contributed by atoms with Gasteiger partial charge < -0.3 is 19.7 Å². The Kier molecular flexibility index (Phi) is 5.78. The van der Waals surface area contributed by atoms with E-state index in [1.807, 2.05) is 26.8 Å². The van der Waals surface area contributed by atoms with Gasteiger partial charge in [0.25, 0.3) is 0 Å². The van der Waals surface area contributed by atoms with Crippen molar-refractivity contribution in [3.05, 3.63) is 35.3 Å². The number of carbonyl (C=O) groups excluding carboxylic acids is 1. The first-order chi connectivity index (χ1) is 15.7. The second-order valence-corrected chi connectivity index (χ2v) is 11.1. The van der Waals surface area contributed by atoms with Crippen LogP contribution in [0.5, 0.6) is 0 Å². The molecule has 3 aliphatic carbocycles. The van der Waals surface area contributed by atoms with Crippen molar-refractivity contribution in [3.63, 3.8) is 0 Å². The number of likely N-dealkylation sites (tertiary alicyclic amines) is 1. The number of aliphatic hydroxyl groups is 2. The standard InChI is InChI=1S/C27H39NO5/c1-5-16(3)25(30)32-20-11-10-18-14-21-26(4,31)27(12-13-28(21)15-17-8-7-9-17)22(18)23(20)33-24(27)19(29)6-2/h5,10-11,17-19,21-22,24,29,31H,6-9,12-15H2,1-4H3/b16-5+. The van der Waals surface area contributed by atoms with E-state index in [9.17, 15) is 15.0 Å². The lowest BCUT2D eigenvalue weighted by Crippen LogP contribution is -2.74. The zero-order valence-electron chi connectivity index (χ0n) is 20.4. The minimum absolute atomic E-state index is 0.0293. The topological polar surface area (TPSA) is 79.2 Å². The van der Waals surface area contributed by atoms with Crippen molar-refractivity contribution in [2.24, 2.45) is 23.2 Å². The van der Waals surface area contributed by atoms with E-state index >= 15 is 0 Å². The van der Waals surface area contributed by atoms with E-state index < -0.39 is 29.2 Å². The molecule has 33 heavy (non-hydrogen) atoms. The van der Waals surface area contributed by atoms with Gasteiger partial charge in [0.2, 0.25) is 0 Å². The molecule has 0 aromatic carbocycles. The maximum Gasteiger partial charge on any atom is 0.338 e. The van der Waals surface area contributed by atoms with Crippen LogP contribution in [0.3, 0.4) is 0 Å². The lowest BCUT2D eigenvalue weighted by atomic mass is 9.47. The summed E-state index contributed by atoms with van der Waals surface area (Å²) in [6.45, 7) is 9.42. The summed E-state index contributed by atoms with van der Waals surface area (Å²) in [5.41, 5.74) is -1.09. The molecule has 0 aromatic rings. The second kappa shape index (κ2) is 8.24. The number of rotatable bonds is 6. The largest absolute Gasteiger partial charge is 0.487 e. The van der Waals surface area contributed by atoms with Crippen LogP contribution in [0.2, 0.25) is 0 Å². The molecule has 2 heterocycles. The van der Waals surface area contributed by atoms with E-state index in [0.29, 0.717) is 23.5 Å². The highest BCUT2D eigenvalue weighted by atomic mass is 16.6. The number of piperidine rings is 1. The quantitative estimate of drug-likeness (QED) is 0.468. The number of esters is 1. The third-order valence-electron chi connectivity index (χ3n) is 9.55. The van der Waals surface area contributed by atoms with Gasteiger partial charge in [0, 0.05) is 24.1 Å². The predicted molar refractivity (Wildman–Crippen MR) is 125 cm³/mol. The van der Waals surface area contributed by atoms with Gasteiger partial charge in [-0.15, -0.1) is 0 Å². The lowest BCUT2D eigenvalue weighted by Gasteiger charge is -2.64. The van der Waals surface area contributed by atoms with Gasteiger partial charge in [0.1, 0.15) is 11.9 Å². The Bertz CT molecular complexity index is 900. The van der Waals surface area contributed by atoms with E-state index in [0.717, 1.165) is 31.8 Å². The normalized spacial score (nSPS) is 41.3. The molecule has 2 saturated carbocycles. The molecule has 5 rings (SSSR count). The van der Waals surface area contributed by atoms with Gasteiger partial charge >= 0.3 is 5.97 Å². The molecular weight excluding hydrogens is 418 g/mol. The number of hydrogen-bond donors (Lipinski definition) is 2. The Morgan fingerprint density at radius 1 is 1.42 bits per heavy atom. The molecule has 1 spiro atoms. The Morgan fingerprint density at radius 3 is 2.82 bits per heavy atom. The molecule has 5 aliphatic rings. The number of allylic oxidation sites excluding steroid dienone is 4. The summed E-state index contributed by atoms with van der Waals surface area (Å²) >= 11 is 0. The highest BCUT2D eigenvalue weighted by Crippen LogP contribution is 2.67. The summed E-state index contributed by atoms with van der Waals surface area (Å²) in [5, 5.41) is 23.4. The fraction of sp³-hybridized carbons (Fsp3) is 0.741. The first-order valence-corrected chi connectivity index (χ1v) is 12.8. The van der Waals surface area contributed by atoms with Crippen molar-refractivity contribution in [2.45, 2.75) is 90.1 Å². The number of hydrogen-bond acceptors (Lipinski definition) is 6. The fourth-order valence-corrected chi connectivity index (χ4v) is 7.32. The lowest BCUT2D eigenvalue weighted by molar-refractivity contribution is -0.237. The Balaban J connectivity index is 1.55. The number of aliphatic hydroxyl groups excluding tert-OH is 1. The van der Waals surface area contributed by atoms with Crippen molar-refractivity contribution in [1.29, 1.82) is 0 Å². The summed E-state index contributed by atoms with van der Waals surface area (Å²) < 4.78 is 12.3. The van der Waals surface area contributed by atoms with Gasteiger partial charge in [-0.05, 0) is 77.3 Å². The van der Waals surface area contributed by atoms with Crippen LogP contribution in [0, 0.1) is 23.2 Å². The van der Waals surface area contributed by atoms with Crippen molar-refractivity contribution >= 4 is 5.97 Å². The maximum atomic E-state index is 12.5. The molecule has 7 unspecified atom stereocenters. The van der Waals surface area contributed by atoms with Crippen LogP contribution in [0.25, 0.3) is 0 Å². The second-order valence-electron chi connectivity index (χ2n) is 11.1. The number of ether oxygens (including phenoxy) is 2. The van der Waals surface area contributed by atoms with Gasteiger partial charge in [-0.25, -0.2) is 4.79 Å². The summed E-state index contributed by atoms with van der Waals surface area (Å²) in [6, 6.07) is 0.0293. The Hall–Kier alpha value is -1.63. The van der Waals surface area contributed by atoms with Crippen LogP contribution in [0.4, 0.5) is 0 Å². The minimum Gasteiger partial charge on any atom is -0.487 e. The van der Waals surface area contributed by atoms with Crippen LogP contribution in [-0.4, -0.2) is 58.0 Å². The highest BCUT2D eigenvalue weighted by molar-refractivity contribution is 5.88. The van der Waals surface area contributed by atoms with E-state index in [2.05, 4.69) is 11.0 Å². The van der Waals surface area contributed by atoms with E-state index in [1.54, 1.807) is 13.0 Å². The molecule has 0 amide bonds. The zero-order valence-corrected chi connectivity index (χ0v) is 20.4. The molecule has 2 saturated heterocycles.